The minimum atomic E-state index is -0.165. The van der Waals surface area contributed by atoms with Crippen molar-refractivity contribution in [3.63, 3.8) is 0 Å². The molecule has 20 heavy (non-hydrogen) atoms. The second-order valence-electron chi connectivity index (χ2n) is 6.84. The molecule has 1 nitrogen and oxygen atoms in total. The van der Waals surface area contributed by atoms with Crippen molar-refractivity contribution in [2.75, 3.05) is 0 Å². The summed E-state index contributed by atoms with van der Waals surface area (Å²) in [4.78, 5) is 0. The van der Waals surface area contributed by atoms with Gasteiger partial charge in [-0.1, -0.05) is 70.2 Å². The maximum atomic E-state index is 10.2. The van der Waals surface area contributed by atoms with Gasteiger partial charge in [-0.05, 0) is 42.2 Å². The van der Waals surface area contributed by atoms with Crippen LogP contribution in [0.2, 0.25) is 0 Å². The highest BCUT2D eigenvalue weighted by Gasteiger charge is 2.15. The number of benzene rings is 1. The molecular formula is C19H30O. The van der Waals surface area contributed by atoms with E-state index in [-0.39, 0.29) is 6.10 Å². The van der Waals surface area contributed by atoms with Crippen molar-refractivity contribution < 1.29 is 5.11 Å². The van der Waals surface area contributed by atoms with E-state index in [2.05, 4.69) is 38.1 Å². The zero-order chi connectivity index (χ0) is 14.4. The van der Waals surface area contributed by atoms with Gasteiger partial charge in [0.25, 0.3) is 0 Å². The van der Waals surface area contributed by atoms with E-state index in [0.29, 0.717) is 5.92 Å². The van der Waals surface area contributed by atoms with E-state index in [4.69, 9.17) is 0 Å². The van der Waals surface area contributed by atoms with Crippen molar-refractivity contribution in [3.8, 4) is 0 Å². The Morgan fingerprint density at radius 3 is 2.30 bits per heavy atom. The van der Waals surface area contributed by atoms with Gasteiger partial charge < -0.3 is 5.11 Å². The van der Waals surface area contributed by atoms with Crippen LogP contribution in [0.25, 0.3) is 0 Å². The first kappa shape index (κ1) is 15.6. The van der Waals surface area contributed by atoms with Crippen molar-refractivity contribution in [1.82, 2.24) is 0 Å². The Balaban J connectivity index is 1.74. The summed E-state index contributed by atoms with van der Waals surface area (Å²) in [5.41, 5.74) is 2.65. The van der Waals surface area contributed by atoms with Crippen LogP contribution < -0.4 is 0 Å². The molecule has 0 bridgehead atoms. The molecule has 1 aliphatic rings. The highest BCUT2D eigenvalue weighted by Crippen LogP contribution is 2.28. The van der Waals surface area contributed by atoms with E-state index in [1.807, 2.05) is 0 Å². The molecule has 1 atom stereocenters. The molecule has 1 N–H and O–H groups in total. The molecule has 0 aromatic heterocycles. The van der Waals surface area contributed by atoms with Crippen LogP contribution in [-0.4, -0.2) is 11.2 Å². The lowest BCUT2D eigenvalue weighted by Crippen LogP contribution is -2.14. The van der Waals surface area contributed by atoms with Crippen LogP contribution in [0.3, 0.4) is 0 Å². The first-order valence-corrected chi connectivity index (χ1v) is 8.42. The SMILES string of the molecule is CC(C)c1ccc(CC(O)CCC2CCCCC2)cc1. The van der Waals surface area contributed by atoms with Crippen LogP contribution in [0.5, 0.6) is 0 Å². The van der Waals surface area contributed by atoms with Gasteiger partial charge in [-0.15, -0.1) is 0 Å². The lowest BCUT2D eigenvalue weighted by atomic mass is 9.85. The molecule has 0 amide bonds. The van der Waals surface area contributed by atoms with Gasteiger partial charge in [0.1, 0.15) is 0 Å². The molecule has 1 saturated carbocycles. The Bertz CT molecular complexity index is 373. The van der Waals surface area contributed by atoms with Crippen molar-refractivity contribution in [1.29, 1.82) is 0 Å². The van der Waals surface area contributed by atoms with Gasteiger partial charge in [-0.3, -0.25) is 0 Å². The second-order valence-corrected chi connectivity index (χ2v) is 6.84. The molecule has 112 valence electrons. The Hall–Kier alpha value is -0.820. The van der Waals surface area contributed by atoms with Gasteiger partial charge in [0.2, 0.25) is 0 Å². The van der Waals surface area contributed by atoms with E-state index in [0.717, 1.165) is 18.8 Å². The maximum Gasteiger partial charge on any atom is 0.0580 e. The van der Waals surface area contributed by atoms with Gasteiger partial charge >= 0.3 is 0 Å². The van der Waals surface area contributed by atoms with Crippen LogP contribution in [-0.2, 0) is 6.42 Å². The fourth-order valence-electron chi connectivity index (χ4n) is 3.32. The second kappa shape index (κ2) is 7.83. The zero-order valence-electron chi connectivity index (χ0n) is 13.1. The molecule has 1 aliphatic carbocycles. The largest absolute Gasteiger partial charge is 0.393 e. The Kier molecular flexibility index (Phi) is 6.09. The molecule has 0 saturated heterocycles. The van der Waals surface area contributed by atoms with Crippen molar-refractivity contribution >= 4 is 0 Å². The standard InChI is InChI=1S/C19H30O/c1-15(2)18-11-8-17(9-12-18)14-19(20)13-10-16-6-4-3-5-7-16/h8-9,11-12,15-16,19-20H,3-7,10,13-14H2,1-2H3. The summed E-state index contributed by atoms with van der Waals surface area (Å²) >= 11 is 0. The summed E-state index contributed by atoms with van der Waals surface area (Å²) in [5, 5.41) is 10.2. The van der Waals surface area contributed by atoms with Crippen molar-refractivity contribution in [2.24, 2.45) is 5.92 Å². The predicted molar refractivity (Wildman–Crippen MR) is 86.1 cm³/mol. The van der Waals surface area contributed by atoms with E-state index >= 15 is 0 Å². The van der Waals surface area contributed by atoms with Crippen LogP contribution in [0.1, 0.15) is 75.8 Å². The number of hydrogen-bond donors (Lipinski definition) is 1. The summed E-state index contributed by atoms with van der Waals surface area (Å²) in [6, 6.07) is 8.76. The normalized spacial score (nSPS) is 18.4. The van der Waals surface area contributed by atoms with Crippen LogP contribution >= 0.6 is 0 Å². The van der Waals surface area contributed by atoms with Gasteiger partial charge in [0.05, 0.1) is 6.10 Å². The first-order chi connectivity index (χ1) is 9.65. The molecule has 1 aromatic carbocycles. The number of hydrogen-bond acceptors (Lipinski definition) is 1. The zero-order valence-corrected chi connectivity index (χ0v) is 13.1. The Labute approximate surface area is 124 Å². The average Bonchev–Trinajstić information content (AvgIpc) is 2.47. The van der Waals surface area contributed by atoms with Gasteiger partial charge in [-0.2, -0.15) is 0 Å². The summed E-state index contributed by atoms with van der Waals surface area (Å²) in [6.45, 7) is 4.43. The molecule has 1 aromatic rings. The summed E-state index contributed by atoms with van der Waals surface area (Å²) < 4.78 is 0. The van der Waals surface area contributed by atoms with E-state index in [9.17, 15) is 5.11 Å². The highest BCUT2D eigenvalue weighted by atomic mass is 16.3. The fraction of sp³-hybridized carbons (Fsp3) is 0.684. The maximum absolute atomic E-state index is 10.2. The molecule has 2 rings (SSSR count). The molecule has 0 spiro atoms. The van der Waals surface area contributed by atoms with E-state index < -0.39 is 0 Å². The highest BCUT2D eigenvalue weighted by molar-refractivity contribution is 5.25. The minimum absolute atomic E-state index is 0.165. The molecule has 0 radical (unpaired) electrons. The Morgan fingerprint density at radius 1 is 1.05 bits per heavy atom. The lowest BCUT2D eigenvalue weighted by molar-refractivity contribution is 0.149. The third kappa shape index (κ3) is 4.94. The number of aliphatic hydroxyl groups is 1. The van der Waals surface area contributed by atoms with E-state index in [1.54, 1.807) is 0 Å². The summed E-state index contributed by atoms with van der Waals surface area (Å²) in [7, 11) is 0. The number of aliphatic hydroxyl groups excluding tert-OH is 1. The molecule has 1 unspecified atom stereocenters. The van der Waals surface area contributed by atoms with Crippen LogP contribution in [0, 0.1) is 5.92 Å². The molecule has 0 aliphatic heterocycles. The minimum Gasteiger partial charge on any atom is -0.393 e. The quantitative estimate of drug-likeness (QED) is 0.767. The molecular weight excluding hydrogens is 244 g/mol. The third-order valence-electron chi connectivity index (χ3n) is 4.75. The van der Waals surface area contributed by atoms with Gasteiger partial charge in [-0.25, -0.2) is 0 Å². The first-order valence-electron chi connectivity index (χ1n) is 8.42. The number of rotatable bonds is 6. The lowest BCUT2D eigenvalue weighted by Gasteiger charge is -2.22. The summed E-state index contributed by atoms with van der Waals surface area (Å²) in [5.74, 6) is 1.46. The van der Waals surface area contributed by atoms with Gasteiger partial charge in [0.15, 0.2) is 0 Å². The van der Waals surface area contributed by atoms with E-state index in [1.165, 1.54) is 49.7 Å². The fourth-order valence-corrected chi connectivity index (χ4v) is 3.32. The Morgan fingerprint density at radius 2 is 1.70 bits per heavy atom. The molecule has 1 fully saturated rings. The van der Waals surface area contributed by atoms with Crippen LogP contribution in [0.4, 0.5) is 0 Å². The predicted octanol–water partition coefficient (Wildman–Crippen LogP) is 5.07. The average molecular weight is 274 g/mol. The smallest absolute Gasteiger partial charge is 0.0580 e. The monoisotopic (exact) mass is 274 g/mol. The summed E-state index contributed by atoms with van der Waals surface area (Å²) in [6.07, 6.45) is 9.82. The topological polar surface area (TPSA) is 20.2 Å². The molecule has 0 heterocycles. The van der Waals surface area contributed by atoms with Gasteiger partial charge in [0, 0.05) is 0 Å². The van der Waals surface area contributed by atoms with Crippen molar-refractivity contribution in [2.45, 2.75) is 77.2 Å². The van der Waals surface area contributed by atoms with Crippen molar-refractivity contribution in [3.05, 3.63) is 35.4 Å². The molecule has 1 heteroatoms. The third-order valence-corrected chi connectivity index (χ3v) is 4.75. The van der Waals surface area contributed by atoms with Crippen LogP contribution in [0.15, 0.2) is 24.3 Å².